The van der Waals surface area contributed by atoms with E-state index in [2.05, 4.69) is 22.4 Å². The lowest BCUT2D eigenvalue weighted by atomic mass is 10.0. The average Bonchev–Trinajstić information content (AvgIpc) is 2.73. The molecular weight excluding hydrogens is 262 g/mol. The van der Waals surface area contributed by atoms with E-state index in [9.17, 15) is 4.79 Å². The molecule has 0 aliphatic rings. The summed E-state index contributed by atoms with van der Waals surface area (Å²) in [6, 6.07) is 0. The zero-order valence-electron chi connectivity index (χ0n) is 9.65. The Balaban J connectivity index is 2.40. The molecule has 0 aliphatic heterocycles. The molecule has 17 heavy (non-hydrogen) atoms. The van der Waals surface area contributed by atoms with Crippen LogP contribution < -0.4 is 5.32 Å². The molecule has 0 aromatic carbocycles. The van der Waals surface area contributed by atoms with E-state index in [1.165, 1.54) is 0 Å². The first-order valence-electron chi connectivity index (χ1n) is 5.55. The van der Waals surface area contributed by atoms with Gasteiger partial charge in [0.15, 0.2) is 0 Å². The lowest BCUT2D eigenvalue weighted by molar-refractivity contribution is 0.0942. The number of hydrogen-bond acceptors (Lipinski definition) is 5. The number of aromatic nitrogens is 2. The number of rotatable bonds is 7. The second kappa shape index (κ2) is 7.58. The highest BCUT2D eigenvalue weighted by molar-refractivity contribution is 7.17. The fourth-order valence-electron chi connectivity index (χ4n) is 1.55. The van der Waals surface area contributed by atoms with Gasteiger partial charge in [-0.3, -0.25) is 4.79 Å². The third kappa shape index (κ3) is 4.97. The number of aliphatic hydroxyl groups is 1. The van der Waals surface area contributed by atoms with Gasteiger partial charge in [0.05, 0.1) is 0 Å². The number of nitrogens with zero attached hydrogens (tertiary/aromatic N) is 2. The maximum atomic E-state index is 11.6. The molecule has 0 bridgehead atoms. The van der Waals surface area contributed by atoms with Crippen molar-refractivity contribution in [2.75, 3.05) is 13.2 Å². The van der Waals surface area contributed by atoms with Gasteiger partial charge in [0, 0.05) is 13.2 Å². The van der Waals surface area contributed by atoms with Crippen LogP contribution in [0.25, 0.3) is 0 Å². The van der Waals surface area contributed by atoms with Gasteiger partial charge in [-0.25, -0.2) is 0 Å². The monoisotopic (exact) mass is 277 g/mol. The molecule has 1 unspecified atom stereocenters. The van der Waals surface area contributed by atoms with E-state index in [0.29, 0.717) is 18.9 Å². The van der Waals surface area contributed by atoms with Crippen molar-refractivity contribution in [2.24, 2.45) is 5.92 Å². The summed E-state index contributed by atoms with van der Waals surface area (Å²) in [4.78, 5) is 11.6. The van der Waals surface area contributed by atoms with Crippen molar-refractivity contribution in [2.45, 2.75) is 26.2 Å². The van der Waals surface area contributed by atoms with Crippen LogP contribution in [-0.2, 0) is 0 Å². The number of nitrogens with one attached hydrogen (secondary N) is 1. The highest BCUT2D eigenvalue weighted by Gasteiger charge is 2.14. The van der Waals surface area contributed by atoms with E-state index in [0.717, 1.165) is 24.2 Å². The molecule has 0 spiro atoms. The predicted octanol–water partition coefficient (Wildman–Crippen LogP) is 1.72. The Kier molecular flexibility index (Phi) is 6.39. The normalized spacial score (nSPS) is 12.4. The van der Waals surface area contributed by atoms with Crippen molar-refractivity contribution in [3.63, 3.8) is 0 Å². The SMILES string of the molecule is CCCC(CCO)CNC(=O)c1nnc(Cl)s1. The standard InChI is InChI=1S/C10H16ClN3O2S/c1-2-3-7(4-5-15)6-12-8(16)9-13-14-10(11)17-9/h7,15H,2-6H2,1H3,(H,12,16). The van der Waals surface area contributed by atoms with Crippen LogP contribution in [-0.4, -0.2) is 34.4 Å². The number of carbonyl (C=O) groups is 1. The minimum atomic E-state index is -0.256. The molecular formula is C10H16ClN3O2S. The molecule has 0 saturated heterocycles. The summed E-state index contributed by atoms with van der Waals surface area (Å²) in [6.07, 6.45) is 2.72. The molecule has 1 atom stereocenters. The van der Waals surface area contributed by atoms with Crippen LogP contribution in [0.4, 0.5) is 0 Å². The van der Waals surface area contributed by atoms with E-state index in [4.69, 9.17) is 16.7 Å². The minimum Gasteiger partial charge on any atom is -0.396 e. The first-order valence-corrected chi connectivity index (χ1v) is 6.74. The largest absolute Gasteiger partial charge is 0.396 e. The van der Waals surface area contributed by atoms with E-state index in [-0.39, 0.29) is 22.0 Å². The van der Waals surface area contributed by atoms with Crippen molar-refractivity contribution >= 4 is 28.8 Å². The third-order valence-corrected chi connectivity index (χ3v) is 3.40. The van der Waals surface area contributed by atoms with Crippen molar-refractivity contribution in [1.82, 2.24) is 15.5 Å². The second-order valence-corrected chi connectivity index (χ2v) is 5.30. The molecule has 1 heterocycles. The molecule has 0 saturated carbocycles. The van der Waals surface area contributed by atoms with Crippen molar-refractivity contribution in [3.05, 3.63) is 9.47 Å². The van der Waals surface area contributed by atoms with Crippen LogP contribution in [0.1, 0.15) is 36.0 Å². The molecule has 0 fully saturated rings. The summed E-state index contributed by atoms with van der Waals surface area (Å²) in [7, 11) is 0. The quantitative estimate of drug-likeness (QED) is 0.796. The Morgan fingerprint density at radius 3 is 2.82 bits per heavy atom. The van der Waals surface area contributed by atoms with Gasteiger partial charge in [-0.15, -0.1) is 10.2 Å². The Bertz CT molecular complexity index is 353. The van der Waals surface area contributed by atoms with Gasteiger partial charge in [0.1, 0.15) is 0 Å². The zero-order valence-corrected chi connectivity index (χ0v) is 11.2. The van der Waals surface area contributed by atoms with Crippen LogP contribution in [0.2, 0.25) is 4.47 Å². The summed E-state index contributed by atoms with van der Waals surface area (Å²) in [5.41, 5.74) is 0. The number of carbonyl (C=O) groups excluding carboxylic acids is 1. The number of aliphatic hydroxyl groups excluding tert-OH is 1. The molecule has 96 valence electrons. The van der Waals surface area contributed by atoms with Crippen LogP contribution >= 0.6 is 22.9 Å². The van der Waals surface area contributed by atoms with Gasteiger partial charge in [0.25, 0.3) is 5.91 Å². The van der Waals surface area contributed by atoms with E-state index in [1.807, 2.05) is 0 Å². The van der Waals surface area contributed by atoms with E-state index in [1.54, 1.807) is 0 Å². The highest BCUT2D eigenvalue weighted by Crippen LogP contribution is 2.15. The molecule has 7 heteroatoms. The maximum Gasteiger partial charge on any atom is 0.282 e. The fourth-order valence-corrected chi connectivity index (χ4v) is 2.29. The van der Waals surface area contributed by atoms with E-state index < -0.39 is 0 Å². The first kappa shape index (κ1) is 14.3. The number of amides is 1. The number of hydrogen-bond donors (Lipinski definition) is 2. The van der Waals surface area contributed by atoms with Crippen molar-refractivity contribution < 1.29 is 9.90 Å². The smallest absolute Gasteiger partial charge is 0.282 e. The molecule has 2 N–H and O–H groups in total. The topological polar surface area (TPSA) is 75.1 Å². The van der Waals surface area contributed by atoms with Gasteiger partial charge in [-0.2, -0.15) is 0 Å². The predicted molar refractivity (Wildman–Crippen MR) is 67.4 cm³/mol. The molecule has 0 radical (unpaired) electrons. The minimum absolute atomic E-state index is 0.144. The van der Waals surface area contributed by atoms with Gasteiger partial charge in [-0.05, 0) is 30.4 Å². The number of halogens is 1. The molecule has 1 rings (SSSR count). The van der Waals surface area contributed by atoms with Crippen molar-refractivity contribution in [1.29, 1.82) is 0 Å². The van der Waals surface area contributed by atoms with Gasteiger partial charge >= 0.3 is 0 Å². The van der Waals surface area contributed by atoms with Gasteiger partial charge < -0.3 is 10.4 Å². The Labute approximate surface area is 109 Å². The molecule has 0 aliphatic carbocycles. The Hall–Kier alpha value is -0.720. The van der Waals surface area contributed by atoms with Crippen LogP contribution in [0.3, 0.4) is 0 Å². The molecule has 5 nitrogen and oxygen atoms in total. The summed E-state index contributed by atoms with van der Waals surface area (Å²) in [5.74, 6) is 0.0470. The average molecular weight is 278 g/mol. The third-order valence-electron chi connectivity index (χ3n) is 2.38. The lowest BCUT2D eigenvalue weighted by Crippen LogP contribution is -2.29. The Morgan fingerprint density at radius 2 is 2.29 bits per heavy atom. The molecule has 1 aromatic rings. The lowest BCUT2D eigenvalue weighted by Gasteiger charge is -2.14. The first-order chi connectivity index (χ1) is 8.17. The summed E-state index contributed by atoms with van der Waals surface area (Å²) in [6.45, 7) is 2.77. The van der Waals surface area contributed by atoms with Gasteiger partial charge in [-0.1, -0.05) is 24.7 Å². The Morgan fingerprint density at radius 1 is 1.53 bits per heavy atom. The summed E-state index contributed by atoms with van der Waals surface area (Å²) in [5, 5.41) is 19.2. The summed E-state index contributed by atoms with van der Waals surface area (Å²) >= 11 is 6.65. The molecule has 1 amide bonds. The fraction of sp³-hybridized carbons (Fsp3) is 0.700. The van der Waals surface area contributed by atoms with Gasteiger partial charge in [0.2, 0.25) is 9.47 Å². The van der Waals surface area contributed by atoms with E-state index >= 15 is 0 Å². The zero-order chi connectivity index (χ0) is 12.7. The van der Waals surface area contributed by atoms with Crippen molar-refractivity contribution in [3.8, 4) is 0 Å². The highest BCUT2D eigenvalue weighted by atomic mass is 35.5. The molecule has 1 aromatic heterocycles. The van der Waals surface area contributed by atoms with Crippen LogP contribution in [0.5, 0.6) is 0 Å². The second-order valence-electron chi connectivity index (χ2n) is 3.74. The van der Waals surface area contributed by atoms with Crippen LogP contribution in [0.15, 0.2) is 0 Å². The summed E-state index contributed by atoms with van der Waals surface area (Å²) < 4.78 is 0.260. The van der Waals surface area contributed by atoms with Crippen LogP contribution in [0, 0.1) is 5.92 Å². The maximum absolute atomic E-state index is 11.6.